The third kappa shape index (κ3) is 5.04. The van der Waals surface area contributed by atoms with E-state index < -0.39 is 17.5 Å². The molecule has 2 rings (SSSR count). The van der Waals surface area contributed by atoms with Crippen molar-refractivity contribution in [1.82, 2.24) is 5.32 Å². The maximum atomic E-state index is 13.5. The lowest BCUT2D eigenvalue weighted by Crippen LogP contribution is -2.24. The smallest absolute Gasteiger partial charge is 0.263 e. The van der Waals surface area contributed by atoms with Gasteiger partial charge in [0.15, 0.2) is 0 Å². The maximum absolute atomic E-state index is 13.5. The molecule has 1 amide bonds. The fourth-order valence-electron chi connectivity index (χ4n) is 1.93. The van der Waals surface area contributed by atoms with Gasteiger partial charge >= 0.3 is 0 Å². The van der Waals surface area contributed by atoms with Crippen LogP contribution in [0.5, 0.6) is 5.75 Å². The van der Waals surface area contributed by atoms with Crippen LogP contribution in [-0.4, -0.2) is 13.0 Å². The van der Waals surface area contributed by atoms with Gasteiger partial charge in [0.1, 0.15) is 29.0 Å². The minimum atomic E-state index is -0.827. The van der Waals surface area contributed by atoms with E-state index in [-0.39, 0.29) is 17.8 Å². The second kappa shape index (κ2) is 8.45. The Kier molecular flexibility index (Phi) is 6.07. The largest absolute Gasteiger partial charge is 0.497 e. The van der Waals surface area contributed by atoms with Crippen molar-refractivity contribution in [1.29, 1.82) is 5.26 Å². The van der Waals surface area contributed by atoms with Crippen LogP contribution in [0.15, 0.2) is 54.2 Å². The molecular weight excluding hydrogens is 328 g/mol. The van der Waals surface area contributed by atoms with Gasteiger partial charge in [-0.25, -0.2) is 8.78 Å². The summed E-state index contributed by atoms with van der Waals surface area (Å²) >= 11 is 0. The van der Waals surface area contributed by atoms with E-state index in [9.17, 15) is 13.6 Å². The van der Waals surface area contributed by atoms with E-state index in [1.807, 2.05) is 0 Å². The lowest BCUT2D eigenvalue weighted by Gasteiger charge is -2.07. The van der Waals surface area contributed by atoms with Crippen molar-refractivity contribution in [2.75, 3.05) is 12.4 Å². The Balaban J connectivity index is 1.98. The molecule has 128 valence electrons. The number of carbonyl (C=O) groups excluding carboxylic acids is 1. The third-order valence-electron chi connectivity index (χ3n) is 3.28. The number of methoxy groups -OCH3 is 1. The molecule has 0 unspecified atom stereocenters. The molecule has 0 spiro atoms. The molecule has 7 heteroatoms. The van der Waals surface area contributed by atoms with Gasteiger partial charge < -0.3 is 15.4 Å². The zero-order valence-corrected chi connectivity index (χ0v) is 13.3. The average molecular weight is 343 g/mol. The van der Waals surface area contributed by atoms with Crippen molar-refractivity contribution in [2.24, 2.45) is 0 Å². The summed E-state index contributed by atoms with van der Waals surface area (Å²) in [6.07, 6.45) is 1.07. The van der Waals surface area contributed by atoms with Gasteiger partial charge in [0, 0.05) is 18.8 Å². The second-order valence-corrected chi connectivity index (χ2v) is 4.97. The minimum absolute atomic E-state index is 0.0443. The molecule has 0 saturated heterocycles. The van der Waals surface area contributed by atoms with Crippen LogP contribution in [0.3, 0.4) is 0 Å². The summed E-state index contributed by atoms with van der Waals surface area (Å²) in [5.74, 6) is -1.47. The highest BCUT2D eigenvalue weighted by Crippen LogP contribution is 2.15. The van der Waals surface area contributed by atoms with E-state index in [1.165, 1.54) is 6.07 Å². The fraction of sp³-hybridized carbons (Fsp3) is 0.111. The van der Waals surface area contributed by atoms with Gasteiger partial charge in [-0.2, -0.15) is 5.26 Å². The third-order valence-corrected chi connectivity index (χ3v) is 3.28. The number of benzene rings is 2. The number of nitrogens with zero attached hydrogens (tertiary/aromatic N) is 1. The van der Waals surface area contributed by atoms with Gasteiger partial charge in [-0.15, -0.1) is 0 Å². The molecule has 0 saturated carbocycles. The van der Waals surface area contributed by atoms with Crippen molar-refractivity contribution < 1.29 is 18.3 Å². The predicted molar refractivity (Wildman–Crippen MR) is 88.5 cm³/mol. The van der Waals surface area contributed by atoms with Crippen LogP contribution in [0.4, 0.5) is 14.5 Å². The van der Waals surface area contributed by atoms with Gasteiger partial charge in [-0.05, 0) is 29.8 Å². The van der Waals surface area contributed by atoms with Crippen LogP contribution in [0.2, 0.25) is 0 Å². The second-order valence-electron chi connectivity index (χ2n) is 4.97. The molecule has 5 nitrogen and oxygen atoms in total. The number of nitrogens with one attached hydrogen (secondary N) is 2. The topological polar surface area (TPSA) is 74.1 Å². The summed E-state index contributed by atoms with van der Waals surface area (Å²) < 4.78 is 31.4. The van der Waals surface area contributed by atoms with Crippen molar-refractivity contribution in [3.8, 4) is 11.8 Å². The van der Waals surface area contributed by atoms with Crippen LogP contribution in [0.25, 0.3) is 0 Å². The summed E-state index contributed by atoms with van der Waals surface area (Å²) in [5.41, 5.74) is 0.540. The van der Waals surface area contributed by atoms with Crippen molar-refractivity contribution in [2.45, 2.75) is 6.54 Å². The molecule has 0 aromatic heterocycles. The Labute approximate surface area is 143 Å². The van der Waals surface area contributed by atoms with Crippen molar-refractivity contribution in [3.05, 3.63) is 71.4 Å². The van der Waals surface area contributed by atoms with E-state index >= 15 is 0 Å². The lowest BCUT2D eigenvalue weighted by molar-refractivity contribution is -0.117. The standard InChI is InChI=1S/C18H15F2N3O2/c1-25-15-5-2-12(3-6-15)10-23-18(24)13(9-21)11-22-17-7-4-14(19)8-16(17)20/h2-8,11,22H,10H2,1H3,(H,23,24)/b13-11-. The molecule has 0 radical (unpaired) electrons. The number of carbonyl (C=O) groups is 1. The highest BCUT2D eigenvalue weighted by atomic mass is 19.1. The quantitative estimate of drug-likeness (QED) is 0.624. The van der Waals surface area contributed by atoms with Crippen molar-refractivity contribution in [3.63, 3.8) is 0 Å². The van der Waals surface area contributed by atoms with E-state index in [2.05, 4.69) is 10.6 Å². The Hall–Kier alpha value is -3.40. The van der Waals surface area contributed by atoms with Crippen LogP contribution in [0, 0.1) is 23.0 Å². The highest BCUT2D eigenvalue weighted by Gasteiger charge is 2.09. The number of ether oxygens (including phenoxy) is 1. The predicted octanol–water partition coefficient (Wildman–Crippen LogP) is 3.11. The molecule has 0 atom stereocenters. The Morgan fingerprint density at radius 3 is 2.56 bits per heavy atom. The Bertz CT molecular complexity index is 827. The number of amides is 1. The average Bonchev–Trinajstić information content (AvgIpc) is 2.62. The summed E-state index contributed by atoms with van der Waals surface area (Å²) in [4.78, 5) is 12.0. The zero-order chi connectivity index (χ0) is 18.2. The molecule has 0 aliphatic rings. The van der Waals surface area contributed by atoms with E-state index in [1.54, 1.807) is 37.4 Å². The summed E-state index contributed by atoms with van der Waals surface area (Å²) in [5, 5.41) is 14.1. The SMILES string of the molecule is COc1ccc(CNC(=O)/C(C#N)=C\Nc2ccc(F)cc2F)cc1. The first-order valence-corrected chi connectivity index (χ1v) is 7.26. The number of halogens is 2. The number of hydrogen-bond acceptors (Lipinski definition) is 4. The molecule has 0 bridgehead atoms. The zero-order valence-electron chi connectivity index (χ0n) is 13.3. The van der Waals surface area contributed by atoms with Crippen LogP contribution in [-0.2, 0) is 11.3 Å². The Morgan fingerprint density at radius 2 is 1.96 bits per heavy atom. The fourth-order valence-corrected chi connectivity index (χ4v) is 1.93. The van der Waals surface area contributed by atoms with E-state index in [0.717, 1.165) is 17.8 Å². The van der Waals surface area contributed by atoms with Gasteiger partial charge in [0.25, 0.3) is 5.91 Å². The monoisotopic (exact) mass is 343 g/mol. The first-order chi connectivity index (χ1) is 12.0. The molecule has 0 aliphatic carbocycles. The first kappa shape index (κ1) is 17.9. The summed E-state index contributed by atoms with van der Waals surface area (Å²) in [6, 6.07) is 11.7. The molecule has 0 aliphatic heterocycles. The minimum Gasteiger partial charge on any atom is -0.497 e. The van der Waals surface area contributed by atoms with Gasteiger partial charge in [-0.3, -0.25) is 4.79 Å². The van der Waals surface area contributed by atoms with Gasteiger partial charge in [0.2, 0.25) is 0 Å². The van der Waals surface area contributed by atoms with Crippen LogP contribution >= 0.6 is 0 Å². The number of hydrogen-bond donors (Lipinski definition) is 2. The summed E-state index contributed by atoms with van der Waals surface area (Å²) in [7, 11) is 1.55. The molecule has 0 fully saturated rings. The summed E-state index contributed by atoms with van der Waals surface area (Å²) in [6.45, 7) is 0.215. The number of rotatable bonds is 6. The van der Waals surface area contributed by atoms with Crippen molar-refractivity contribution >= 4 is 11.6 Å². The van der Waals surface area contributed by atoms with Crippen LogP contribution in [0.1, 0.15) is 5.56 Å². The van der Waals surface area contributed by atoms with Crippen LogP contribution < -0.4 is 15.4 Å². The molecule has 2 N–H and O–H groups in total. The Morgan fingerprint density at radius 1 is 1.24 bits per heavy atom. The number of nitriles is 1. The first-order valence-electron chi connectivity index (χ1n) is 7.26. The lowest BCUT2D eigenvalue weighted by atomic mass is 10.2. The molecule has 25 heavy (non-hydrogen) atoms. The van der Waals surface area contributed by atoms with Gasteiger partial charge in [0.05, 0.1) is 12.8 Å². The molecule has 2 aromatic rings. The molecule has 0 heterocycles. The maximum Gasteiger partial charge on any atom is 0.263 e. The molecular formula is C18H15F2N3O2. The van der Waals surface area contributed by atoms with Gasteiger partial charge in [-0.1, -0.05) is 12.1 Å². The van der Waals surface area contributed by atoms with E-state index in [0.29, 0.717) is 11.8 Å². The molecule has 2 aromatic carbocycles. The number of anilines is 1. The normalized spacial score (nSPS) is 10.7. The highest BCUT2D eigenvalue weighted by molar-refractivity contribution is 5.97. The van der Waals surface area contributed by atoms with E-state index in [4.69, 9.17) is 10.00 Å².